The largest absolute Gasteiger partial charge is 0.326 e. The molecule has 0 amide bonds. The first-order chi connectivity index (χ1) is 6.37. The van der Waals surface area contributed by atoms with Crippen LogP contribution in [0.2, 0.25) is 0 Å². The standard InChI is InChI=1S/C12H28N2/c1-6-8-11(2)14(5)10-7-9-12(3,4)13/h11H,6-10,13H2,1-5H3. The van der Waals surface area contributed by atoms with E-state index >= 15 is 0 Å². The van der Waals surface area contributed by atoms with Crippen molar-refractivity contribution in [3.8, 4) is 0 Å². The molecule has 0 saturated heterocycles. The molecule has 0 aliphatic heterocycles. The predicted octanol–water partition coefficient (Wildman–Crippen LogP) is 2.62. The Balaban J connectivity index is 3.58. The molecule has 2 nitrogen and oxygen atoms in total. The lowest BCUT2D eigenvalue weighted by Gasteiger charge is -2.26. The third kappa shape index (κ3) is 7.34. The summed E-state index contributed by atoms with van der Waals surface area (Å²) in [6.45, 7) is 9.91. The highest BCUT2D eigenvalue weighted by atomic mass is 15.1. The maximum atomic E-state index is 5.94. The monoisotopic (exact) mass is 200 g/mol. The molecule has 0 aromatic heterocycles. The van der Waals surface area contributed by atoms with Gasteiger partial charge in [0.2, 0.25) is 0 Å². The molecule has 2 N–H and O–H groups in total. The number of nitrogens with zero attached hydrogens (tertiary/aromatic N) is 1. The van der Waals surface area contributed by atoms with Gasteiger partial charge in [-0.15, -0.1) is 0 Å². The Hall–Kier alpha value is -0.0800. The smallest absolute Gasteiger partial charge is 0.00975 e. The Labute approximate surface area is 89.9 Å². The van der Waals surface area contributed by atoms with Gasteiger partial charge in [-0.05, 0) is 53.6 Å². The van der Waals surface area contributed by atoms with Crippen LogP contribution in [0.4, 0.5) is 0 Å². The molecule has 86 valence electrons. The van der Waals surface area contributed by atoms with Crippen LogP contribution in [0.1, 0.15) is 53.4 Å². The molecule has 0 aromatic carbocycles. The Morgan fingerprint density at radius 3 is 2.36 bits per heavy atom. The second kappa shape index (κ2) is 6.41. The van der Waals surface area contributed by atoms with Gasteiger partial charge in [0.15, 0.2) is 0 Å². The van der Waals surface area contributed by atoms with E-state index in [0.29, 0.717) is 6.04 Å². The molecule has 0 fully saturated rings. The van der Waals surface area contributed by atoms with Crippen molar-refractivity contribution < 1.29 is 0 Å². The quantitative estimate of drug-likeness (QED) is 0.684. The van der Waals surface area contributed by atoms with E-state index in [2.05, 4.69) is 39.6 Å². The highest BCUT2D eigenvalue weighted by Crippen LogP contribution is 2.10. The minimum atomic E-state index is -0.00512. The van der Waals surface area contributed by atoms with Gasteiger partial charge in [-0.2, -0.15) is 0 Å². The fourth-order valence-electron chi connectivity index (χ4n) is 1.64. The van der Waals surface area contributed by atoms with Crippen molar-refractivity contribution in [3.63, 3.8) is 0 Å². The molecular formula is C12H28N2. The van der Waals surface area contributed by atoms with Crippen molar-refractivity contribution in [2.24, 2.45) is 5.73 Å². The lowest BCUT2D eigenvalue weighted by atomic mass is 10.00. The fourth-order valence-corrected chi connectivity index (χ4v) is 1.64. The lowest BCUT2D eigenvalue weighted by Crippen LogP contribution is -2.35. The van der Waals surface area contributed by atoms with Gasteiger partial charge in [-0.3, -0.25) is 0 Å². The molecule has 14 heavy (non-hydrogen) atoms. The second-order valence-corrected chi connectivity index (χ2v) is 5.21. The van der Waals surface area contributed by atoms with Crippen LogP contribution in [0.3, 0.4) is 0 Å². The zero-order chi connectivity index (χ0) is 11.2. The van der Waals surface area contributed by atoms with Crippen LogP contribution in [-0.4, -0.2) is 30.1 Å². The molecule has 0 aliphatic rings. The summed E-state index contributed by atoms with van der Waals surface area (Å²) < 4.78 is 0. The zero-order valence-corrected chi connectivity index (χ0v) is 10.6. The summed E-state index contributed by atoms with van der Waals surface area (Å²) in [5.41, 5.74) is 5.93. The Kier molecular flexibility index (Phi) is 6.38. The first-order valence-corrected chi connectivity index (χ1v) is 5.86. The normalized spacial score (nSPS) is 14.8. The van der Waals surface area contributed by atoms with Crippen LogP contribution in [0.25, 0.3) is 0 Å². The second-order valence-electron chi connectivity index (χ2n) is 5.21. The van der Waals surface area contributed by atoms with E-state index in [9.17, 15) is 0 Å². The Bertz CT molecular complexity index is 138. The Morgan fingerprint density at radius 2 is 1.93 bits per heavy atom. The SMILES string of the molecule is CCCC(C)N(C)CCCC(C)(C)N. The van der Waals surface area contributed by atoms with Gasteiger partial charge in [-0.1, -0.05) is 13.3 Å². The summed E-state index contributed by atoms with van der Waals surface area (Å²) in [6.07, 6.45) is 4.88. The van der Waals surface area contributed by atoms with E-state index in [1.807, 2.05) is 0 Å². The van der Waals surface area contributed by atoms with Gasteiger partial charge in [0.05, 0.1) is 0 Å². The highest BCUT2D eigenvalue weighted by Gasteiger charge is 2.12. The third-order valence-corrected chi connectivity index (χ3v) is 2.79. The molecule has 0 aromatic rings. The van der Waals surface area contributed by atoms with Crippen LogP contribution in [0.15, 0.2) is 0 Å². The summed E-state index contributed by atoms with van der Waals surface area (Å²) in [5, 5.41) is 0. The van der Waals surface area contributed by atoms with E-state index in [-0.39, 0.29) is 5.54 Å². The predicted molar refractivity (Wildman–Crippen MR) is 64.5 cm³/mol. The maximum Gasteiger partial charge on any atom is 0.00975 e. The van der Waals surface area contributed by atoms with E-state index in [1.54, 1.807) is 0 Å². The summed E-state index contributed by atoms with van der Waals surface area (Å²) in [7, 11) is 2.21. The molecule has 1 unspecified atom stereocenters. The van der Waals surface area contributed by atoms with Gasteiger partial charge in [-0.25, -0.2) is 0 Å². The van der Waals surface area contributed by atoms with Crippen LogP contribution in [-0.2, 0) is 0 Å². The molecule has 0 radical (unpaired) electrons. The first kappa shape index (κ1) is 13.9. The maximum absolute atomic E-state index is 5.94. The van der Waals surface area contributed by atoms with E-state index in [0.717, 1.165) is 6.42 Å². The highest BCUT2D eigenvalue weighted by molar-refractivity contribution is 4.72. The van der Waals surface area contributed by atoms with Crippen LogP contribution >= 0.6 is 0 Å². The summed E-state index contributed by atoms with van der Waals surface area (Å²) in [5.74, 6) is 0. The number of nitrogens with two attached hydrogens (primary N) is 1. The minimum Gasteiger partial charge on any atom is -0.326 e. The molecule has 2 heteroatoms. The molecule has 0 bridgehead atoms. The Morgan fingerprint density at radius 1 is 1.36 bits per heavy atom. The van der Waals surface area contributed by atoms with Gasteiger partial charge in [0.25, 0.3) is 0 Å². The van der Waals surface area contributed by atoms with Crippen molar-refractivity contribution in [2.45, 2.75) is 65.0 Å². The van der Waals surface area contributed by atoms with Crippen molar-refractivity contribution in [1.82, 2.24) is 4.90 Å². The third-order valence-electron chi connectivity index (χ3n) is 2.79. The van der Waals surface area contributed by atoms with Crippen molar-refractivity contribution >= 4 is 0 Å². The summed E-state index contributed by atoms with van der Waals surface area (Å²) in [6, 6.07) is 0.709. The average molecular weight is 200 g/mol. The molecule has 0 saturated carbocycles. The lowest BCUT2D eigenvalue weighted by molar-refractivity contribution is 0.233. The topological polar surface area (TPSA) is 29.3 Å². The van der Waals surface area contributed by atoms with Gasteiger partial charge >= 0.3 is 0 Å². The fraction of sp³-hybridized carbons (Fsp3) is 1.00. The summed E-state index contributed by atoms with van der Waals surface area (Å²) in [4.78, 5) is 2.44. The minimum absolute atomic E-state index is 0.00512. The van der Waals surface area contributed by atoms with Gasteiger partial charge < -0.3 is 10.6 Å². The molecule has 0 aliphatic carbocycles. The number of rotatable bonds is 7. The molecule has 0 rings (SSSR count). The molecule has 0 heterocycles. The van der Waals surface area contributed by atoms with Gasteiger partial charge in [0, 0.05) is 11.6 Å². The van der Waals surface area contributed by atoms with Crippen LogP contribution in [0.5, 0.6) is 0 Å². The molecule has 1 atom stereocenters. The average Bonchev–Trinajstić information content (AvgIpc) is 2.02. The van der Waals surface area contributed by atoms with E-state index in [1.165, 1.54) is 25.8 Å². The van der Waals surface area contributed by atoms with Crippen molar-refractivity contribution in [1.29, 1.82) is 0 Å². The zero-order valence-electron chi connectivity index (χ0n) is 10.6. The van der Waals surface area contributed by atoms with E-state index in [4.69, 9.17) is 5.73 Å². The van der Waals surface area contributed by atoms with E-state index < -0.39 is 0 Å². The van der Waals surface area contributed by atoms with Crippen LogP contribution < -0.4 is 5.73 Å². The van der Waals surface area contributed by atoms with Crippen molar-refractivity contribution in [2.75, 3.05) is 13.6 Å². The van der Waals surface area contributed by atoms with Gasteiger partial charge in [0.1, 0.15) is 0 Å². The van der Waals surface area contributed by atoms with Crippen molar-refractivity contribution in [3.05, 3.63) is 0 Å². The molecule has 0 spiro atoms. The number of hydrogen-bond acceptors (Lipinski definition) is 2. The number of hydrogen-bond donors (Lipinski definition) is 1. The first-order valence-electron chi connectivity index (χ1n) is 5.86. The molecular weight excluding hydrogens is 172 g/mol. The van der Waals surface area contributed by atoms with Crippen LogP contribution in [0, 0.1) is 0 Å². The summed E-state index contributed by atoms with van der Waals surface area (Å²) >= 11 is 0.